The molecule has 1 aliphatic heterocycles. The molecule has 1 aromatic carbocycles. The molecule has 0 spiro atoms. The fourth-order valence-corrected chi connectivity index (χ4v) is 2.65. The van der Waals surface area contributed by atoms with Gasteiger partial charge in [-0.15, -0.1) is 5.10 Å². The molecule has 2 atom stereocenters. The van der Waals surface area contributed by atoms with Crippen molar-refractivity contribution in [1.82, 2.24) is 19.9 Å². The third kappa shape index (κ3) is 2.44. The lowest BCUT2D eigenvalue weighted by molar-refractivity contribution is 0.0200. The van der Waals surface area contributed by atoms with Gasteiger partial charge in [0.2, 0.25) is 0 Å². The van der Waals surface area contributed by atoms with E-state index in [9.17, 15) is 9.90 Å². The van der Waals surface area contributed by atoms with Crippen LogP contribution in [0, 0.1) is 5.92 Å². The lowest BCUT2D eigenvalue weighted by Crippen LogP contribution is -2.44. The van der Waals surface area contributed by atoms with Gasteiger partial charge in [0, 0.05) is 13.1 Å². The molecule has 0 saturated carbocycles. The van der Waals surface area contributed by atoms with Crippen LogP contribution in [0.3, 0.4) is 0 Å². The van der Waals surface area contributed by atoms with Crippen molar-refractivity contribution >= 4 is 10.9 Å². The van der Waals surface area contributed by atoms with Crippen molar-refractivity contribution in [3.63, 3.8) is 0 Å². The van der Waals surface area contributed by atoms with E-state index >= 15 is 0 Å². The maximum Gasteiger partial charge on any atom is 0.278 e. The molecule has 106 valence electrons. The number of aliphatic hydroxyl groups excluding tert-OH is 1. The maximum atomic E-state index is 12.3. The standard InChI is InChI=1S/C14H18N4O2/c1-10-8-17(7-6-13(10)19)9-18-14(20)11-4-2-3-5-12(11)15-16-18/h2-5,10,13,19H,6-9H2,1H3. The zero-order chi connectivity index (χ0) is 14.1. The van der Waals surface area contributed by atoms with E-state index in [1.54, 1.807) is 12.1 Å². The Balaban J connectivity index is 1.85. The van der Waals surface area contributed by atoms with Crippen LogP contribution in [-0.4, -0.2) is 44.2 Å². The fourth-order valence-electron chi connectivity index (χ4n) is 2.65. The highest BCUT2D eigenvalue weighted by Crippen LogP contribution is 2.16. The normalized spacial score (nSPS) is 24.1. The van der Waals surface area contributed by atoms with E-state index in [-0.39, 0.29) is 17.6 Å². The van der Waals surface area contributed by atoms with Crippen LogP contribution in [0.5, 0.6) is 0 Å². The molecule has 0 amide bonds. The Labute approximate surface area is 116 Å². The lowest BCUT2D eigenvalue weighted by atomic mass is 9.97. The highest BCUT2D eigenvalue weighted by Gasteiger charge is 2.24. The largest absolute Gasteiger partial charge is 0.393 e. The Kier molecular flexibility index (Phi) is 3.50. The van der Waals surface area contributed by atoms with Crippen molar-refractivity contribution in [3.8, 4) is 0 Å². The van der Waals surface area contributed by atoms with Gasteiger partial charge in [-0.2, -0.15) is 4.68 Å². The number of aliphatic hydroxyl groups is 1. The van der Waals surface area contributed by atoms with E-state index in [0.29, 0.717) is 17.6 Å². The van der Waals surface area contributed by atoms with Crippen LogP contribution in [0.25, 0.3) is 10.9 Å². The van der Waals surface area contributed by atoms with Crippen LogP contribution in [0.1, 0.15) is 13.3 Å². The fraction of sp³-hybridized carbons (Fsp3) is 0.500. The number of likely N-dealkylation sites (tertiary alicyclic amines) is 1. The van der Waals surface area contributed by atoms with Crippen molar-refractivity contribution < 1.29 is 5.11 Å². The molecule has 1 saturated heterocycles. The number of hydrogen-bond donors (Lipinski definition) is 1. The van der Waals surface area contributed by atoms with Gasteiger partial charge in [-0.3, -0.25) is 9.69 Å². The predicted molar refractivity (Wildman–Crippen MR) is 75.2 cm³/mol. The van der Waals surface area contributed by atoms with Gasteiger partial charge in [0.25, 0.3) is 5.56 Å². The molecule has 3 rings (SSSR count). The molecular weight excluding hydrogens is 256 g/mol. The Morgan fingerprint density at radius 3 is 3.00 bits per heavy atom. The highest BCUT2D eigenvalue weighted by molar-refractivity contribution is 5.76. The Bertz CT molecular complexity index is 670. The summed E-state index contributed by atoms with van der Waals surface area (Å²) in [5, 5.41) is 18.4. The molecule has 20 heavy (non-hydrogen) atoms. The highest BCUT2D eigenvalue weighted by atomic mass is 16.3. The molecule has 2 aromatic rings. The zero-order valence-corrected chi connectivity index (χ0v) is 11.4. The molecule has 0 aliphatic carbocycles. The molecule has 0 bridgehead atoms. The summed E-state index contributed by atoms with van der Waals surface area (Å²) in [5.41, 5.74) is 0.505. The smallest absolute Gasteiger partial charge is 0.278 e. The zero-order valence-electron chi connectivity index (χ0n) is 11.4. The molecule has 1 N–H and O–H groups in total. The molecule has 1 aliphatic rings. The summed E-state index contributed by atoms with van der Waals surface area (Å²) in [7, 11) is 0. The summed E-state index contributed by atoms with van der Waals surface area (Å²) in [5.74, 6) is 0.216. The average molecular weight is 274 g/mol. The third-order valence-electron chi connectivity index (χ3n) is 3.91. The van der Waals surface area contributed by atoms with Crippen molar-refractivity contribution in [3.05, 3.63) is 34.6 Å². The van der Waals surface area contributed by atoms with E-state index in [0.717, 1.165) is 19.5 Å². The number of nitrogens with zero attached hydrogens (tertiary/aromatic N) is 4. The summed E-state index contributed by atoms with van der Waals surface area (Å²) in [6, 6.07) is 7.22. The van der Waals surface area contributed by atoms with Gasteiger partial charge in [-0.1, -0.05) is 24.3 Å². The quantitative estimate of drug-likeness (QED) is 0.861. The Morgan fingerprint density at radius 2 is 2.20 bits per heavy atom. The van der Waals surface area contributed by atoms with Crippen molar-refractivity contribution in [2.24, 2.45) is 5.92 Å². The summed E-state index contributed by atoms with van der Waals surface area (Å²) in [6.07, 6.45) is 0.488. The number of piperidine rings is 1. The van der Waals surface area contributed by atoms with Gasteiger partial charge >= 0.3 is 0 Å². The molecule has 1 aromatic heterocycles. The molecule has 1 fully saturated rings. The van der Waals surface area contributed by atoms with Crippen LogP contribution < -0.4 is 5.56 Å². The second-order valence-electron chi connectivity index (χ2n) is 5.46. The number of fused-ring (bicyclic) bond motifs is 1. The van der Waals surface area contributed by atoms with E-state index in [2.05, 4.69) is 15.2 Å². The average Bonchev–Trinajstić information content (AvgIpc) is 2.46. The summed E-state index contributed by atoms with van der Waals surface area (Å²) in [6.45, 7) is 3.98. The first kappa shape index (κ1) is 13.2. The van der Waals surface area contributed by atoms with Gasteiger partial charge < -0.3 is 5.11 Å². The molecule has 6 nitrogen and oxygen atoms in total. The topological polar surface area (TPSA) is 71.2 Å². The number of rotatable bonds is 2. The third-order valence-corrected chi connectivity index (χ3v) is 3.91. The van der Waals surface area contributed by atoms with Gasteiger partial charge in [0.15, 0.2) is 0 Å². The molecule has 2 unspecified atom stereocenters. The molecule has 6 heteroatoms. The van der Waals surface area contributed by atoms with E-state index in [4.69, 9.17) is 0 Å². The number of hydrogen-bond acceptors (Lipinski definition) is 5. The van der Waals surface area contributed by atoms with Gasteiger partial charge in [0.1, 0.15) is 5.52 Å². The van der Waals surface area contributed by atoms with Crippen LogP contribution in [0.2, 0.25) is 0 Å². The van der Waals surface area contributed by atoms with Crippen molar-refractivity contribution in [2.45, 2.75) is 26.1 Å². The maximum absolute atomic E-state index is 12.3. The van der Waals surface area contributed by atoms with Gasteiger partial charge in [0.05, 0.1) is 18.2 Å². The SMILES string of the molecule is CC1CN(Cn2nnc3ccccc3c2=O)CCC1O. The summed E-state index contributed by atoms with van der Waals surface area (Å²) < 4.78 is 1.40. The van der Waals surface area contributed by atoms with E-state index < -0.39 is 0 Å². The van der Waals surface area contributed by atoms with Crippen LogP contribution >= 0.6 is 0 Å². The second-order valence-corrected chi connectivity index (χ2v) is 5.46. The van der Waals surface area contributed by atoms with Gasteiger partial charge in [-0.05, 0) is 24.5 Å². The minimum absolute atomic E-state index is 0.116. The second kappa shape index (κ2) is 5.30. The van der Waals surface area contributed by atoms with Crippen LogP contribution in [0.15, 0.2) is 29.1 Å². The first-order valence-corrected chi connectivity index (χ1v) is 6.88. The molecular formula is C14H18N4O2. The van der Waals surface area contributed by atoms with E-state index in [1.165, 1.54) is 4.68 Å². The Morgan fingerprint density at radius 1 is 1.40 bits per heavy atom. The number of aromatic nitrogens is 3. The molecule has 0 radical (unpaired) electrons. The number of benzene rings is 1. The molecule has 2 heterocycles. The van der Waals surface area contributed by atoms with Crippen molar-refractivity contribution in [2.75, 3.05) is 13.1 Å². The van der Waals surface area contributed by atoms with Crippen molar-refractivity contribution in [1.29, 1.82) is 0 Å². The monoisotopic (exact) mass is 274 g/mol. The Hall–Kier alpha value is -1.79. The first-order valence-electron chi connectivity index (χ1n) is 6.88. The lowest BCUT2D eigenvalue weighted by Gasteiger charge is -2.33. The minimum atomic E-state index is -0.245. The van der Waals surface area contributed by atoms with Crippen LogP contribution in [0.4, 0.5) is 0 Å². The predicted octanol–water partition coefficient (Wildman–Crippen LogP) is 0.452. The summed E-state index contributed by atoms with van der Waals surface area (Å²) in [4.78, 5) is 14.5. The minimum Gasteiger partial charge on any atom is -0.393 e. The van der Waals surface area contributed by atoms with Crippen LogP contribution in [-0.2, 0) is 6.67 Å². The summed E-state index contributed by atoms with van der Waals surface area (Å²) >= 11 is 0. The van der Waals surface area contributed by atoms with Gasteiger partial charge in [-0.25, -0.2) is 0 Å². The first-order chi connectivity index (χ1) is 9.65. The van der Waals surface area contributed by atoms with E-state index in [1.807, 2.05) is 19.1 Å².